The quantitative estimate of drug-likeness (QED) is 0.459. The van der Waals surface area contributed by atoms with Crippen molar-refractivity contribution in [3.05, 3.63) is 36.0 Å². The average molecular weight is 417 g/mol. The highest BCUT2D eigenvalue weighted by Gasteiger charge is 2.32. The Hall–Kier alpha value is -2.98. The van der Waals surface area contributed by atoms with Crippen LogP contribution in [0, 0.1) is 0 Å². The fourth-order valence-electron chi connectivity index (χ4n) is 3.45. The first-order chi connectivity index (χ1) is 13.8. The molecule has 4 rings (SSSR count). The third kappa shape index (κ3) is 4.08. The van der Waals surface area contributed by atoms with Gasteiger partial charge in [0, 0.05) is 13.0 Å². The summed E-state index contributed by atoms with van der Waals surface area (Å²) in [5.41, 5.74) is 1.07. The number of hydrogen-bond donors (Lipinski definition) is 2. The number of rotatable bonds is 6. The highest BCUT2D eigenvalue weighted by molar-refractivity contribution is 7.88. The van der Waals surface area contributed by atoms with Gasteiger partial charge >= 0.3 is 0 Å². The molecular weight excluding hydrogens is 398 g/mol. The largest absolute Gasteiger partial charge is 0.492 e. The second-order valence-electron chi connectivity index (χ2n) is 6.91. The summed E-state index contributed by atoms with van der Waals surface area (Å²) in [7, 11) is -3.26. The molecule has 3 aromatic rings. The van der Waals surface area contributed by atoms with E-state index < -0.39 is 15.9 Å². The number of imide groups is 1. The van der Waals surface area contributed by atoms with Crippen molar-refractivity contribution in [1.29, 1.82) is 0 Å². The summed E-state index contributed by atoms with van der Waals surface area (Å²) in [5.74, 6) is -0.605. The van der Waals surface area contributed by atoms with Crippen molar-refractivity contribution in [1.82, 2.24) is 15.2 Å². The number of fused-ring (bicyclic) bond motifs is 3. The minimum Gasteiger partial charge on any atom is -0.492 e. The highest BCUT2D eigenvalue weighted by Crippen LogP contribution is 2.36. The molecule has 2 heterocycles. The van der Waals surface area contributed by atoms with Crippen LogP contribution in [0.25, 0.3) is 21.7 Å². The van der Waals surface area contributed by atoms with Crippen LogP contribution in [0.1, 0.15) is 24.5 Å². The second-order valence-corrected chi connectivity index (χ2v) is 8.74. The molecule has 2 aromatic carbocycles. The first-order valence-corrected chi connectivity index (χ1v) is 10.9. The lowest BCUT2D eigenvalue weighted by atomic mass is 9.91. The Bertz CT molecular complexity index is 1220. The summed E-state index contributed by atoms with van der Waals surface area (Å²) in [4.78, 5) is 23.7. The van der Waals surface area contributed by atoms with Crippen LogP contribution in [0.5, 0.6) is 5.75 Å². The van der Waals surface area contributed by atoms with Gasteiger partial charge in [-0.2, -0.15) is 0 Å². The summed E-state index contributed by atoms with van der Waals surface area (Å²) < 4.78 is 35.6. The van der Waals surface area contributed by atoms with Crippen molar-refractivity contribution in [2.45, 2.75) is 18.8 Å². The number of ether oxygens (including phenoxy) is 1. The molecule has 29 heavy (non-hydrogen) atoms. The number of benzene rings is 2. The van der Waals surface area contributed by atoms with Crippen molar-refractivity contribution >= 4 is 43.6 Å². The van der Waals surface area contributed by atoms with E-state index in [1.165, 1.54) is 0 Å². The molecule has 1 aromatic heterocycles. The minimum absolute atomic E-state index is 0.168. The maximum absolute atomic E-state index is 12.3. The van der Waals surface area contributed by atoms with Crippen LogP contribution in [0.2, 0.25) is 0 Å². The minimum atomic E-state index is -3.26. The predicted octanol–water partition coefficient (Wildman–Crippen LogP) is 1.43. The molecule has 9 nitrogen and oxygen atoms in total. The van der Waals surface area contributed by atoms with Gasteiger partial charge in [-0.05, 0) is 41.5 Å². The van der Waals surface area contributed by atoms with Crippen LogP contribution in [0.3, 0.4) is 0 Å². The first-order valence-electron chi connectivity index (χ1n) is 9.05. The van der Waals surface area contributed by atoms with Crippen molar-refractivity contribution < 1.29 is 27.3 Å². The maximum Gasteiger partial charge on any atom is 0.235 e. The zero-order chi connectivity index (χ0) is 20.6. The van der Waals surface area contributed by atoms with Gasteiger partial charge in [0.1, 0.15) is 18.1 Å². The van der Waals surface area contributed by atoms with Crippen LogP contribution >= 0.6 is 0 Å². The molecule has 2 amide bonds. The highest BCUT2D eigenvalue weighted by atomic mass is 32.2. The Kier molecular flexibility index (Phi) is 4.97. The number of hydrogen-bond acceptors (Lipinski definition) is 7. The van der Waals surface area contributed by atoms with E-state index in [0.717, 1.165) is 22.4 Å². The van der Waals surface area contributed by atoms with Crippen molar-refractivity contribution in [2.75, 3.05) is 19.4 Å². The number of nitrogens with zero attached hydrogens (tertiary/aromatic N) is 1. The monoisotopic (exact) mass is 417 g/mol. The SMILES string of the molecule is CS(=O)(=O)NCCOc1ccc2c(ccc3onc([C@@H]4CCC(=O)NC4=O)c32)c1. The van der Waals surface area contributed by atoms with Crippen LogP contribution in [0.15, 0.2) is 34.9 Å². The van der Waals surface area contributed by atoms with E-state index in [-0.39, 0.29) is 31.4 Å². The van der Waals surface area contributed by atoms with E-state index in [9.17, 15) is 18.0 Å². The Morgan fingerprint density at radius 1 is 1.28 bits per heavy atom. The number of aromatic nitrogens is 1. The molecule has 1 saturated heterocycles. The summed E-state index contributed by atoms with van der Waals surface area (Å²) in [6, 6.07) is 9.08. The molecule has 0 radical (unpaired) electrons. The smallest absolute Gasteiger partial charge is 0.235 e. The van der Waals surface area contributed by atoms with Crippen molar-refractivity contribution in [2.24, 2.45) is 0 Å². The summed E-state index contributed by atoms with van der Waals surface area (Å²) in [6.07, 6.45) is 1.74. The molecule has 0 aliphatic carbocycles. The summed E-state index contributed by atoms with van der Waals surface area (Å²) >= 11 is 0. The maximum atomic E-state index is 12.3. The average Bonchev–Trinajstić information content (AvgIpc) is 3.08. The van der Waals surface area contributed by atoms with E-state index in [2.05, 4.69) is 15.2 Å². The van der Waals surface area contributed by atoms with Crippen LogP contribution in [0.4, 0.5) is 0 Å². The number of nitrogens with one attached hydrogen (secondary N) is 2. The molecule has 1 fully saturated rings. The molecular formula is C19H19N3O6S. The Morgan fingerprint density at radius 2 is 2.10 bits per heavy atom. The lowest BCUT2D eigenvalue weighted by molar-refractivity contribution is -0.134. The van der Waals surface area contributed by atoms with E-state index in [0.29, 0.717) is 23.4 Å². The first kappa shape index (κ1) is 19.3. The summed E-state index contributed by atoms with van der Waals surface area (Å²) in [6.45, 7) is 0.358. The third-order valence-electron chi connectivity index (χ3n) is 4.76. The van der Waals surface area contributed by atoms with Gasteiger partial charge in [0.2, 0.25) is 21.8 Å². The lowest BCUT2D eigenvalue weighted by Gasteiger charge is -2.19. The molecule has 0 spiro atoms. The zero-order valence-electron chi connectivity index (χ0n) is 15.6. The molecule has 1 aliphatic heterocycles. The molecule has 1 atom stereocenters. The number of amides is 2. The van der Waals surface area contributed by atoms with E-state index in [1.54, 1.807) is 12.1 Å². The fourth-order valence-corrected chi connectivity index (χ4v) is 3.90. The number of piperidine rings is 1. The lowest BCUT2D eigenvalue weighted by Crippen LogP contribution is -2.39. The molecule has 0 unspecified atom stereocenters. The predicted molar refractivity (Wildman–Crippen MR) is 105 cm³/mol. The zero-order valence-corrected chi connectivity index (χ0v) is 16.4. The summed E-state index contributed by atoms with van der Waals surface area (Å²) in [5, 5.41) is 8.91. The van der Waals surface area contributed by atoms with Crippen LogP contribution < -0.4 is 14.8 Å². The van der Waals surface area contributed by atoms with Crippen molar-refractivity contribution in [3.8, 4) is 5.75 Å². The van der Waals surface area contributed by atoms with Crippen LogP contribution in [-0.4, -0.2) is 44.8 Å². The Labute approximate surface area is 166 Å². The molecule has 0 bridgehead atoms. The normalized spacial score (nSPS) is 17.6. The van der Waals surface area contributed by atoms with E-state index in [1.807, 2.05) is 18.2 Å². The Balaban J connectivity index is 1.63. The van der Waals surface area contributed by atoms with Gasteiger partial charge in [0.05, 0.1) is 17.6 Å². The number of sulfonamides is 1. The standard InChI is InChI=1S/C19H19N3O6S/c1-29(25,26)20-8-9-27-12-3-4-13-11(10-12)2-6-15-17(13)18(22-28-15)14-5-7-16(23)21-19(14)24/h2-4,6,10,14,20H,5,7-9H2,1H3,(H,21,23,24)/t14-/m0/s1. The van der Waals surface area contributed by atoms with E-state index in [4.69, 9.17) is 9.26 Å². The molecule has 10 heteroatoms. The molecule has 0 saturated carbocycles. The van der Waals surface area contributed by atoms with Crippen molar-refractivity contribution in [3.63, 3.8) is 0 Å². The van der Waals surface area contributed by atoms with Gasteiger partial charge in [-0.15, -0.1) is 0 Å². The third-order valence-corrected chi connectivity index (χ3v) is 5.48. The van der Waals surface area contributed by atoms with Gasteiger partial charge in [-0.25, -0.2) is 13.1 Å². The fraction of sp³-hybridized carbons (Fsp3) is 0.316. The van der Waals surface area contributed by atoms with Gasteiger partial charge in [-0.3, -0.25) is 14.9 Å². The van der Waals surface area contributed by atoms with Gasteiger partial charge in [0.25, 0.3) is 0 Å². The van der Waals surface area contributed by atoms with E-state index >= 15 is 0 Å². The van der Waals surface area contributed by atoms with Gasteiger partial charge in [0.15, 0.2) is 5.58 Å². The van der Waals surface area contributed by atoms with Crippen LogP contribution in [-0.2, 0) is 19.6 Å². The Morgan fingerprint density at radius 3 is 2.86 bits per heavy atom. The number of carbonyl (C=O) groups is 2. The molecule has 152 valence electrons. The van der Waals surface area contributed by atoms with Gasteiger partial charge < -0.3 is 9.26 Å². The second kappa shape index (κ2) is 7.45. The topological polar surface area (TPSA) is 128 Å². The molecule has 2 N–H and O–H groups in total. The number of carbonyl (C=O) groups excluding carboxylic acids is 2. The van der Waals surface area contributed by atoms with Gasteiger partial charge in [-0.1, -0.05) is 11.2 Å². The molecule has 1 aliphatic rings.